The normalized spacial score (nSPS) is 25.2. The summed E-state index contributed by atoms with van der Waals surface area (Å²) >= 11 is 0. The van der Waals surface area contributed by atoms with Crippen LogP contribution in [0.5, 0.6) is 0 Å². The molecule has 7 heteroatoms. The van der Waals surface area contributed by atoms with E-state index in [9.17, 15) is 29.4 Å². The van der Waals surface area contributed by atoms with Crippen LogP contribution >= 0.6 is 0 Å². The molecule has 196 valence electrons. The van der Waals surface area contributed by atoms with E-state index in [4.69, 9.17) is 0 Å². The molecule has 1 amide bonds. The van der Waals surface area contributed by atoms with Gasteiger partial charge < -0.3 is 15.5 Å². The molecular weight excluding hydrogens is 434 g/mol. The fourth-order valence-corrected chi connectivity index (χ4v) is 4.68. The molecule has 1 aliphatic rings. The minimum atomic E-state index is -1.40. The smallest absolute Gasteiger partial charge is 0.326 e. The van der Waals surface area contributed by atoms with Gasteiger partial charge in [0.1, 0.15) is 17.7 Å². The molecule has 1 fully saturated rings. The monoisotopic (exact) mass is 481 g/mol. The number of amides is 1. The van der Waals surface area contributed by atoms with E-state index in [1.807, 2.05) is 0 Å². The SMILES string of the molecule is O=C1CCCCCCCCCCCCCCCCCCCCC(=O)C(C(=O)O)C[C@@H](C(=O)O)N1. The summed E-state index contributed by atoms with van der Waals surface area (Å²) in [6.07, 6.45) is 20.2. The Labute approximate surface area is 205 Å². The molecule has 0 radical (unpaired) electrons. The third-order valence-corrected chi connectivity index (χ3v) is 6.87. The Morgan fingerprint density at radius 3 is 1.26 bits per heavy atom. The third kappa shape index (κ3) is 15.1. The van der Waals surface area contributed by atoms with E-state index in [1.54, 1.807) is 0 Å². The molecule has 1 saturated heterocycles. The number of carbonyl (C=O) groups excluding carboxylic acids is 2. The quantitative estimate of drug-likeness (QED) is 0.414. The van der Waals surface area contributed by atoms with Gasteiger partial charge in [-0.25, -0.2) is 4.79 Å². The summed E-state index contributed by atoms with van der Waals surface area (Å²) in [4.78, 5) is 47.9. The van der Waals surface area contributed by atoms with Crippen molar-refractivity contribution in [2.45, 2.75) is 141 Å². The first-order valence-corrected chi connectivity index (χ1v) is 13.7. The lowest BCUT2D eigenvalue weighted by Crippen LogP contribution is -2.44. The number of rotatable bonds is 2. The largest absolute Gasteiger partial charge is 0.481 e. The number of hydrogen-bond acceptors (Lipinski definition) is 4. The van der Waals surface area contributed by atoms with Crippen LogP contribution in [0.1, 0.15) is 135 Å². The van der Waals surface area contributed by atoms with Gasteiger partial charge in [0, 0.05) is 12.8 Å². The predicted molar refractivity (Wildman–Crippen MR) is 133 cm³/mol. The molecule has 0 aliphatic carbocycles. The standard InChI is InChI=1S/C27H47NO6/c29-24-19-17-15-13-11-9-7-5-3-1-2-4-6-8-10-12-14-16-18-20-25(30)28-23(27(33)34)21-22(24)26(31)32/h22-23H,1-21H2,(H,28,30)(H,31,32)(H,33,34)/t22?,23-/m0/s1. The summed E-state index contributed by atoms with van der Waals surface area (Å²) in [5.41, 5.74) is 0. The molecule has 1 aliphatic heterocycles. The van der Waals surface area contributed by atoms with Crippen molar-refractivity contribution < 1.29 is 29.4 Å². The fourth-order valence-electron chi connectivity index (χ4n) is 4.68. The van der Waals surface area contributed by atoms with Crippen molar-refractivity contribution in [3.8, 4) is 0 Å². The van der Waals surface area contributed by atoms with Gasteiger partial charge in [-0.05, 0) is 19.3 Å². The van der Waals surface area contributed by atoms with Crippen molar-refractivity contribution >= 4 is 23.6 Å². The van der Waals surface area contributed by atoms with Crippen LogP contribution in [0.25, 0.3) is 0 Å². The van der Waals surface area contributed by atoms with Gasteiger partial charge in [0.25, 0.3) is 0 Å². The summed E-state index contributed by atoms with van der Waals surface area (Å²) in [5, 5.41) is 21.4. The van der Waals surface area contributed by atoms with E-state index in [0.29, 0.717) is 12.8 Å². The highest BCUT2D eigenvalue weighted by molar-refractivity contribution is 5.99. The maximum Gasteiger partial charge on any atom is 0.326 e. The van der Waals surface area contributed by atoms with Crippen molar-refractivity contribution in [1.29, 1.82) is 0 Å². The molecule has 1 heterocycles. The Hall–Kier alpha value is -1.92. The van der Waals surface area contributed by atoms with E-state index >= 15 is 0 Å². The second-order valence-electron chi connectivity index (χ2n) is 9.92. The van der Waals surface area contributed by atoms with Crippen LogP contribution in [0.2, 0.25) is 0 Å². The maximum atomic E-state index is 12.5. The molecule has 1 rings (SSSR count). The van der Waals surface area contributed by atoms with Crippen molar-refractivity contribution in [1.82, 2.24) is 5.32 Å². The molecule has 0 saturated carbocycles. The van der Waals surface area contributed by atoms with Crippen LogP contribution in [0.3, 0.4) is 0 Å². The van der Waals surface area contributed by atoms with Gasteiger partial charge in [-0.15, -0.1) is 0 Å². The lowest BCUT2D eigenvalue weighted by atomic mass is 9.92. The molecule has 0 bridgehead atoms. The van der Waals surface area contributed by atoms with Crippen LogP contribution < -0.4 is 5.32 Å². The minimum Gasteiger partial charge on any atom is -0.481 e. The van der Waals surface area contributed by atoms with Crippen molar-refractivity contribution in [2.75, 3.05) is 0 Å². The summed E-state index contributed by atoms with van der Waals surface area (Å²) in [6.45, 7) is 0. The first-order valence-electron chi connectivity index (χ1n) is 13.7. The Bertz CT molecular complexity index is 606. The third-order valence-electron chi connectivity index (χ3n) is 6.87. The summed E-state index contributed by atoms with van der Waals surface area (Å²) in [7, 11) is 0. The summed E-state index contributed by atoms with van der Waals surface area (Å²) < 4.78 is 0. The highest BCUT2D eigenvalue weighted by Crippen LogP contribution is 2.17. The molecule has 3 N–H and O–H groups in total. The number of ketones is 1. The number of nitrogens with one attached hydrogen (secondary N) is 1. The van der Waals surface area contributed by atoms with Crippen LogP contribution in [-0.4, -0.2) is 39.9 Å². The Balaban J connectivity index is 2.57. The first kappa shape index (κ1) is 30.1. The number of aliphatic carboxylic acids is 2. The van der Waals surface area contributed by atoms with E-state index in [-0.39, 0.29) is 12.8 Å². The molecule has 0 spiro atoms. The molecule has 0 aromatic carbocycles. The molecule has 0 aromatic rings. The van der Waals surface area contributed by atoms with E-state index in [0.717, 1.165) is 38.5 Å². The van der Waals surface area contributed by atoms with Crippen molar-refractivity contribution in [3.05, 3.63) is 0 Å². The summed E-state index contributed by atoms with van der Waals surface area (Å²) in [5.74, 6) is -4.88. The van der Waals surface area contributed by atoms with Crippen LogP contribution in [-0.2, 0) is 19.2 Å². The predicted octanol–water partition coefficient (Wildman–Crippen LogP) is 6.03. The van der Waals surface area contributed by atoms with E-state index in [2.05, 4.69) is 5.32 Å². The number of carbonyl (C=O) groups is 4. The number of carboxylic acid groups (broad SMARTS) is 2. The zero-order chi connectivity index (χ0) is 25.0. The average Bonchev–Trinajstić information content (AvgIpc) is 2.79. The Morgan fingerprint density at radius 1 is 0.559 bits per heavy atom. The lowest BCUT2D eigenvalue weighted by Gasteiger charge is -2.18. The van der Waals surface area contributed by atoms with Crippen LogP contribution in [0.15, 0.2) is 0 Å². The Kier molecular flexibility index (Phi) is 17.2. The van der Waals surface area contributed by atoms with Crippen molar-refractivity contribution in [3.63, 3.8) is 0 Å². The van der Waals surface area contributed by atoms with Crippen LogP contribution in [0.4, 0.5) is 0 Å². The lowest BCUT2D eigenvalue weighted by molar-refractivity contribution is -0.149. The number of carboxylic acids is 2. The first-order chi connectivity index (χ1) is 16.4. The van der Waals surface area contributed by atoms with Gasteiger partial charge in [-0.2, -0.15) is 0 Å². The number of hydrogen-bond donors (Lipinski definition) is 3. The summed E-state index contributed by atoms with van der Waals surface area (Å²) in [6, 6.07) is -1.36. The molecular formula is C27H47NO6. The van der Waals surface area contributed by atoms with Gasteiger partial charge in [-0.3, -0.25) is 14.4 Å². The topological polar surface area (TPSA) is 121 Å². The van der Waals surface area contributed by atoms with Gasteiger partial charge in [0.2, 0.25) is 5.91 Å². The van der Waals surface area contributed by atoms with E-state index in [1.165, 1.54) is 64.2 Å². The van der Waals surface area contributed by atoms with Crippen molar-refractivity contribution in [2.24, 2.45) is 5.92 Å². The fraction of sp³-hybridized carbons (Fsp3) is 0.852. The second kappa shape index (κ2) is 19.4. The zero-order valence-corrected chi connectivity index (χ0v) is 21.0. The molecule has 2 atom stereocenters. The minimum absolute atomic E-state index is 0.136. The van der Waals surface area contributed by atoms with Gasteiger partial charge >= 0.3 is 11.9 Å². The van der Waals surface area contributed by atoms with E-state index < -0.39 is 42.0 Å². The second-order valence-corrected chi connectivity index (χ2v) is 9.92. The molecule has 1 unspecified atom stereocenters. The van der Waals surface area contributed by atoms with Crippen LogP contribution in [0, 0.1) is 5.92 Å². The van der Waals surface area contributed by atoms with Gasteiger partial charge in [-0.1, -0.05) is 103 Å². The maximum absolute atomic E-state index is 12.5. The van der Waals surface area contributed by atoms with Gasteiger partial charge in [0.15, 0.2) is 0 Å². The van der Waals surface area contributed by atoms with Gasteiger partial charge in [0.05, 0.1) is 0 Å². The molecule has 34 heavy (non-hydrogen) atoms. The molecule has 7 nitrogen and oxygen atoms in total. The number of Topliss-reactive ketones (excluding diaryl/α,β-unsaturated/α-hetero) is 1. The molecule has 0 aromatic heterocycles. The average molecular weight is 482 g/mol. The Morgan fingerprint density at radius 2 is 0.912 bits per heavy atom. The highest BCUT2D eigenvalue weighted by Gasteiger charge is 2.32. The highest BCUT2D eigenvalue weighted by atomic mass is 16.4. The zero-order valence-electron chi connectivity index (χ0n) is 21.0.